The fraction of sp³-hybridized carbons (Fsp3) is 0.750. The molecule has 0 spiro atoms. The Kier molecular flexibility index (Phi) is 5.74. The van der Waals surface area contributed by atoms with E-state index in [1.165, 1.54) is 23.9 Å². The quantitative estimate of drug-likeness (QED) is 0.694. The van der Waals surface area contributed by atoms with E-state index in [9.17, 15) is 14.7 Å². The number of nitrogens with one attached hydrogen (secondary N) is 1. The molecule has 1 aliphatic heterocycles. The molecule has 1 aromatic heterocycles. The number of H-pyrrole nitrogens is 1. The molecule has 0 radical (unpaired) electrons. The molecule has 0 aliphatic carbocycles. The summed E-state index contributed by atoms with van der Waals surface area (Å²) in [6, 6.07) is 1.27. The second-order valence-corrected chi connectivity index (χ2v) is 10.7. The number of ether oxygens (including phenoxy) is 3. The molecule has 2 N–H and O–H groups in total. The Morgan fingerprint density at radius 1 is 1.40 bits per heavy atom. The molecule has 1 fully saturated rings. The average Bonchev–Trinajstić information content (AvgIpc) is 2.77. The van der Waals surface area contributed by atoms with E-state index < -0.39 is 43.7 Å². The monoisotopic (exact) mass is 372 g/mol. The van der Waals surface area contributed by atoms with Gasteiger partial charge in [-0.1, -0.05) is 13.1 Å². The molecule has 0 amide bonds. The molecule has 0 aromatic carbocycles. The number of aromatic nitrogens is 2. The normalized spacial score (nSPS) is 30.2. The lowest BCUT2D eigenvalue weighted by molar-refractivity contribution is -0.124. The highest BCUT2D eigenvalue weighted by molar-refractivity contribution is 6.58. The van der Waals surface area contributed by atoms with Crippen molar-refractivity contribution in [1.29, 1.82) is 0 Å². The van der Waals surface area contributed by atoms with Gasteiger partial charge in [-0.3, -0.25) is 14.3 Å². The van der Waals surface area contributed by atoms with Gasteiger partial charge in [0.2, 0.25) is 0 Å². The van der Waals surface area contributed by atoms with Crippen LogP contribution < -0.4 is 11.2 Å². The minimum Gasteiger partial charge on any atom is -0.387 e. The van der Waals surface area contributed by atoms with E-state index in [0.29, 0.717) is 0 Å². The zero-order valence-electron chi connectivity index (χ0n) is 15.6. The van der Waals surface area contributed by atoms with Crippen molar-refractivity contribution in [2.75, 3.05) is 13.7 Å². The topological polar surface area (TPSA) is 103 Å². The first-order valence-electron chi connectivity index (χ1n) is 8.38. The molecule has 8 nitrogen and oxygen atoms in total. The van der Waals surface area contributed by atoms with Crippen LogP contribution in [0.4, 0.5) is 0 Å². The predicted octanol–water partition coefficient (Wildman–Crippen LogP) is -0.195. The van der Waals surface area contributed by atoms with Gasteiger partial charge in [0.25, 0.3) is 5.56 Å². The number of rotatable bonds is 5. The van der Waals surface area contributed by atoms with E-state index in [1.54, 1.807) is 0 Å². The molecule has 0 bridgehead atoms. The number of nitrogens with zero attached hydrogens (tertiary/aromatic N) is 1. The van der Waals surface area contributed by atoms with Gasteiger partial charge in [-0.2, -0.15) is 0 Å². The van der Waals surface area contributed by atoms with Crippen LogP contribution in [-0.4, -0.2) is 61.1 Å². The Hall–Kier alpha value is -1.26. The minimum atomic E-state index is -1.77. The molecule has 2 heterocycles. The third kappa shape index (κ3) is 3.80. The fourth-order valence-corrected chi connectivity index (χ4v) is 5.42. The van der Waals surface area contributed by atoms with Crippen molar-refractivity contribution in [3.8, 4) is 0 Å². The number of methoxy groups -OCH3 is 1. The molecule has 0 unspecified atom stereocenters. The Balaban J connectivity index is 2.48. The Bertz CT molecular complexity index is 710. The van der Waals surface area contributed by atoms with Gasteiger partial charge in [0.05, 0.1) is 21.0 Å². The van der Waals surface area contributed by atoms with E-state index in [-0.39, 0.29) is 12.2 Å². The molecular formula is C16H28N2O6Si. The standard InChI is InChI=1S/C16H28N2O6Si/c1-15(2,3)23-9-10-12(20)13(22-4)16(24-10,25(5)6)18-8-7-11(19)17-14(18)21/h7-8,10,12-13,20,25H,9H2,1-6H3,(H,17,19,21)/t10-,12-,13-,16+/m1/s1. The highest BCUT2D eigenvalue weighted by Crippen LogP contribution is 2.39. The first-order chi connectivity index (χ1) is 11.5. The second kappa shape index (κ2) is 7.16. The molecule has 1 saturated heterocycles. The van der Waals surface area contributed by atoms with Gasteiger partial charge in [0.15, 0.2) is 5.35 Å². The van der Waals surface area contributed by atoms with Gasteiger partial charge >= 0.3 is 5.69 Å². The molecule has 9 heteroatoms. The van der Waals surface area contributed by atoms with Crippen LogP contribution in [-0.2, 0) is 19.6 Å². The largest absolute Gasteiger partial charge is 0.387 e. The smallest absolute Gasteiger partial charge is 0.330 e. The van der Waals surface area contributed by atoms with E-state index in [2.05, 4.69) is 4.98 Å². The maximum Gasteiger partial charge on any atom is 0.330 e. The Morgan fingerprint density at radius 2 is 2.04 bits per heavy atom. The number of aliphatic hydroxyl groups excluding tert-OH is 1. The van der Waals surface area contributed by atoms with Crippen molar-refractivity contribution in [1.82, 2.24) is 9.55 Å². The maximum absolute atomic E-state index is 12.4. The zero-order chi connectivity index (χ0) is 19.0. The zero-order valence-corrected chi connectivity index (χ0v) is 16.8. The number of hydrogen-bond acceptors (Lipinski definition) is 6. The van der Waals surface area contributed by atoms with Crippen molar-refractivity contribution < 1.29 is 19.3 Å². The lowest BCUT2D eigenvalue weighted by atomic mass is 10.1. The second-order valence-electron chi connectivity index (χ2n) is 7.61. The Labute approximate surface area is 148 Å². The summed E-state index contributed by atoms with van der Waals surface area (Å²) in [6.45, 7) is 9.93. The van der Waals surface area contributed by atoms with Crippen LogP contribution in [0.2, 0.25) is 13.1 Å². The fourth-order valence-electron chi connectivity index (χ4n) is 3.22. The van der Waals surface area contributed by atoms with Gasteiger partial charge in [-0.15, -0.1) is 0 Å². The third-order valence-corrected chi connectivity index (χ3v) is 6.80. The summed E-state index contributed by atoms with van der Waals surface area (Å²) < 4.78 is 18.9. The molecular weight excluding hydrogens is 344 g/mol. The third-order valence-electron chi connectivity index (χ3n) is 4.40. The molecule has 0 saturated carbocycles. The van der Waals surface area contributed by atoms with Crippen LogP contribution in [0.5, 0.6) is 0 Å². The van der Waals surface area contributed by atoms with Gasteiger partial charge < -0.3 is 19.3 Å². The number of hydrogen-bond donors (Lipinski definition) is 2. The van der Waals surface area contributed by atoms with Crippen molar-refractivity contribution in [2.24, 2.45) is 0 Å². The van der Waals surface area contributed by atoms with Crippen molar-refractivity contribution in [3.05, 3.63) is 33.1 Å². The first kappa shape index (κ1) is 20.1. The SMILES string of the molecule is CO[C@@H]1[C@H](O)[C@@H](COC(C)(C)C)O[C@]1(n1ccc(=O)[nH]c1=O)[SiH](C)C. The van der Waals surface area contributed by atoms with Gasteiger partial charge in [-0.25, -0.2) is 4.79 Å². The van der Waals surface area contributed by atoms with E-state index in [0.717, 1.165) is 0 Å². The molecule has 142 valence electrons. The highest BCUT2D eigenvalue weighted by Gasteiger charge is 2.58. The minimum absolute atomic E-state index is 0.172. The molecule has 25 heavy (non-hydrogen) atoms. The molecule has 1 aliphatic rings. The Morgan fingerprint density at radius 3 is 2.52 bits per heavy atom. The van der Waals surface area contributed by atoms with Crippen LogP contribution in [0.3, 0.4) is 0 Å². The summed E-state index contributed by atoms with van der Waals surface area (Å²) in [5.41, 5.74) is -1.46. The van der Waals surface area contributed by atoms with Gasteiger partial charge in [0.1, 0.15) is 18.3 Å². The molecule has 4 atom stereocenters. The summed E-state index contributed by atoms with van der Waals surface area (Å²) in [7, 11) is -0.292. The van der Waals surface area contributed by atoms with Crippen LogP contribution in [0.25, 0.3) is 0 Å². The summed E-state index contributed by atoms with van der Waals surface area (Å²) in [5.74, 6) is 0. The maximum atomic E-state index is 12.4. The van der Waals surface area contributed by atoms with E-state index in [1.807, 2.05) is 33.9 Å². The van der Waals surface area contributed by atoms with Crippen LogP contribution >= 0.6 is 0 Å². The average molecular weight is 372 g/mol. The van der Waals surface area contributed by atoms with Crippen LogP contribution in [0, 0.1) is 0 Å². The van der Waals surface area contributed by atoms with Crippen LogP contribution in [0.1, 0.15) is 20.8 Å². The number of aliphatic hydroxyl groups is 1. The predicted molar refractivity (Wildman–Crippen MR) is 95.6 cm³/mol. The first-order valence-corrected chi connectivity index (χ1v) is 11.3. The lowest BCUT2D eigenvalue weighted by Crippen LogP contribution is -2.59. The highest BCUT2D eigenvalue weighted by atomic mass is 28.3. The molecule has 1 aromatic rings. The van der Waals surface area contributed by atoms with Crippen molar-refractivity contribution in [3.63, 3.8) is 0 Å². The summed E-state index contributed by atoms with van der Waals surface area (Å²) >= 11 is 0. The lowest BCUT2D eigenvalue weighted by Gasteiger charge is -2.38. The van der Waals surface area contributed by atoms with Crippen molar-refractivity contribution >= 4 is 8.80 Å². The summed E-state index contributed by atoms with van der Waals surface area (Å²) in [6.07, 6.45) is -0.935. The van der Waals surface area contributed by atoms with Gasteiger partial charge in [0, 0.05) is 19.4 Å². The van der Waals surface area contributed by atoms with Crippen LogP contribution in [0.15, 0.2) is 21.9 Å². The van der Waals surface area contributed by atoms with E-state index >= 15 is 0 Å². The van der Waals surface area contributed by atoms with E-state index in [4.69, 9.17) is 14.2 Å². The number of aromatic amines is 1. The summed E-state index contributed by atoms with van der Waals surface area (Å²) in [5, 5.41) is 9.62. The molecule has 2 rings (SSSR count). The van der Waals surface area contributed by atoms with Crippen molar-refractivity contribution in [2.45, 2.75) is 63.1 Å². The van der Waals surface area contributed by atoms with Gasteiger partial charge in [-0.05, 0) is 20.8 Å². The summed E-state index contributed by atoms with van der Waals surface area (Å²) in [4.78, 5) is 26.1.